The largest absolute Gasteiger partial charge is 0.371 e. The predicted octanol–water partition coefficient (Wildman–Crippen LogP) is 1.67. The van der Waals surface area contributed by atoms with Gasteiger partial charge >= 0.3 is 0 Å². The van der Waals surface area contributed by atoms with E-state index in [1.54, 1.807) is 24.2 Å². The first-order valence-corrected chi connectivity index (χ1v) is 6.10. The summed E-state index contributed by atoms with van der Waals surface area (Å²) >= 11 is 1.66. The lowest BCUT2D eigenvalue weighted by atomic mass is 10.7. The average Bonchev–Trinajstić information content (AvgIpc) is 2.97. The van der Waals surface area contributed by atoms with Crippen molar-refractivity contribution in [1.82, 2.24) is 19.7 Å². The molecule has 3 rings (SSSR count). The van der Waals surface area contributed by atoms with Gasteiger partial charge in [-0.25, -0.2) is 9.97 Å². The molecule has 0 saturated heterocycles. The highest BCUT2D eigenvalue weighted by Crippen LogP contribution is 2.19. The maximum Gasteiger partial charge on any atom is 0.169 e. The topological polar surface area (TPSA) is 54.6 Å². The molecule has 3 heterocycles. The maximum absolute atomic E-state index is 4.35. The van der Waals surface area contributed by atoms with Crippen molar-refractivity contribution in [3.05, 3.63) is 24.8 Å². The van der Waals surface area contributed by atoms with Crippen molar-refractivity contribution < 1.29 is 0 Å². The van der Waals surface area contributed by atoms with Crippen LogP contribution in [-0.4, -0.2) is 39.0 Å². The quantitative estimate of drug-likeness (QED) is 0.877. The van der Waals surface area contributed by atoms with Crippen LogP contribution < -0.4 is 5.32 Å². The Morgan fingerprint density at radius 2 is 2.00 bits per heavy atom. The molecule has 0 amide bonds. The summed E-state index contributed by atoms with van der Waals surface area (Å²) < 4.78 is 1.97. The van der Waals surface area contributed by atoms with E-state index in [0.717, 1.165) is 35.4 Å². The fourth-order valence-corrected chi connectivity index (χ4v) is 2.50. The summed E-state index contributed by atoms with van der Waals surface area (Å²) in [6.07, 6.45) is 7.40. The van der Waals surface area contributed by atoms with Gasteiger partial charge in [-0.15, -0.1) is 24.8 Å². The van der Waals surface area contributed by atoms with Crippen LogP contribution in [0.5, 0.6) is 0 Å². The van der Waals surface area contributed by atoms with Gasteiger partial charge in [-0.2, -0.15) is 0 Å². The fraction of sp³-hybridized carbons (Fsp3) is 0.300. The maximum atomic E-state index is 4.35. The molecule has 5 nitrogen and oxygen atoms in total. The van der Waals surface area contributed by atoms with Crippen molar-refractivity contribution in [2.24, 2.45) is 4.99 Å². The number of aromatic nitrogens is 3. The Morgan fingerprint density at radius 1 is 1.22 bits per heavy atom. The Morgan fingerprint density at radius 3 is 2.72 bits per heavy atom. The molecule has 1 aliphatic rings. The Hall–Kier alpha value is -0.980. The molecule has 0 aromatic carbocycles. The van der Waals surface area contributed by atoms with E-state index in [-0.39, 0.29) is 24.8 Å². The Kier molecular flexibility index (Phi) is 5.71. The number of amidine groups is 1. The SMILES string of the molecule is Cl.Cl.c1cn2ccnc2c(SCC2=NCCN2)n1. The van der Waals surface area contributed by atoms with Gasteiger partial charge in [-0.05, 0) is 0 Å². The van der Waals surface area contributed by atoms with E-state index >= 15 is 0 Å². The number of hydrogen-bond donors (Lipinski definition) is 1. The molecule has 0 fully saturated rings. The van der Waals surface area contributed by atoms with E-state index in [2.05, 4.69) is 20.3 Å². The third kappa shape index (κ3) is 3.07. The van der Waals surface area contributed by atoms with Gasteiger partial charge in [0.25, 0.3) is 0 Å². The zero-order valence-electron chi connectivity index (χ0n) is 9.44. The number of hydrogen-bond acceptors (Lipinski definition) is 5. The highest BCUT2D eigenvalue weighted by molar-refractivity contribution is 8.00. The van der Waals surface area contributed by atoms with Crippen molar-refractivity contribution in [2.75, 3.05) is 18.8 Å². The molecule has 0 bridgehead atoms. The summed E-state index contributed by atoms with van der Waals surface area (Å²) in [6, 6.07) is 0. The van der Waals surface area contributed by atoms with Gasteiger partial charge in [0.1, 0.15) is 10.9 Å². The van der Waals surface area contributed by atoms with Crippen LogP contribution in [0, 0.1) is 0 Å². The number of nitrogens with one attached hydrogen (secondary N) is 1. The van der Waals surface area contributed by atoms with Gasteiger partial charge in [0, 0.05) is 31.3 Å². The van der Waals surface area contributed by atoms with Gasteiger partial charge < -0.3 is 9.72 Å². The predicted molar refractivity (Wildman–Crippen MR) is 78.5 cm³/mol. The molecular formula is C10H13Cl2N5S. The van der Waals surface area contributed by atoms with E-state index in [1.807, 2.05) is 16.8 Å². The number of nitrogens with zero attached hydrogens (tertiary/aromatic N) is 4. The molecule has 18 heavy (non-hydrogen) atoms. The summed E-state index contributed by atoms with van der Waals surface area (Å²) in [6.45, 7) is 1.84. The summed E-state index contributed by atoms with van der Waals surface area (Å²) in [5.74, 6) is 1.89. The van der Waals surface area contributed by atoms with Crippen molar-refractivity contribution in [1.29, 1.82) is 0 Å². The van der Waals surface area contributed by atoms with Gasteiger partial charge in [-0.3, -0.25) is 4.99 Å². The van der Waals surface area contributed by atoms with Crippen LogP contribution in [0.3, 0.4) is 0 Å². The van der Waals surface area contributed by atoms with Gasteiger partial charge in [0.05, 0.1) is 12.3 Å². The summed E-state index contributed by atoms with van der Waals surface area (Å²) in [5.41, 5.74) is 0.908. The number of rotatable bonds is 3. The molecule has 8 heteroatoms. The molecule has 0 spiro atoms. The van der Waals surface area contributed by atoms with Crippen LogP contribution in [-0.2, 0) is 0 Å². The molecule has 2 aromatic rings. The summed E-state index contributed by atoms with van der Waals surface area (Å²) in [4.78, 5) is 13.0. The molecule has 0 saturated carbocycles. The van der Waals surface area contributed by atoms with Crippen LogP contribution in [0.15, 0.2) is 34.8 Å². The first kappa shape index (κ1) is 15.1. The molecule has 1 N–H and O–H groups in total. The van der Waals surface area contributed by atoms with E-state index in [1.165, 1.54) is 0 Å². The molecule has 98 valence electrons. The van der Waals surface area contributed by atoms with Crippen LogP contribution in [0.2, 0.25) is 0 Å². The normalized spacial score (nSPS) is 13.4. The standard InChI is InChI=1S/C10H11N5S.2ClH/c1-2-12-8(11-1)7-16-10-9-13-3-5-15(9)6-4-14-10;;/h3-6H,1-2,7H2,(H,11,12);2*1H. The second-order valence-electron chi connectivity index (χ2n) is 3.43. The second kappa shape index (κ2) is 6.82. The molecule has 2 aromatic heterocycles. The zero-order valence-corrected chi connectivity index (χ0v) is 11.9. The van der Waals surface area contributed by atoms with Crippen molar-refractivity contribution >= 4 is 48.1 Å². The lowest BCUT2D eigenvalue weighted by Gasteiger charge is -2.03. The zero-order chi connectivity index (χ0) is 10.8. The van der Waals surface area contributed by atoms with Crippen LogP contribution in [0.25, 0.3) is 5.65 Å². The smallest absolute Gasteiger partial charge is 0.169 e. The van der Waals surface area contributed by atoms with Crippen LogP contribution >= 0.6 is 36.6 Å². The Labute approximate surface area is 121 Å². The van der Waals surface area contributed by atoms with E-state index in [9.17, 15) is 0 Å². The lowest BCUT2D eigenvalue weighted by Crippen LogP contribution is -2.20. The van der Waals surface area contributed by atoms with Crippen molar-refractivity contribution in [3.63, 3.8) is 0 Å². The molecule has 0 unspecified atom stereocenters. The average molecular weight is 306 g/mol. The molecular weight excluding hydrogens is 293 g/mol. The number of aliphatic imine (C=N–C) groups is 1. The Bertz CT molecular complexity index is 542. The Balaban J connectivity index is 0.000000810. The third-order valence-corrected chi connectivity index (χ3v) is 3.35. The number of imidazole rings is 1. The molecule has 1 aliphatic heterocycles. The highest BCUT2D eigenvalue weighted by Gasteiger charge is 2.09. The minimum absolute atomic E-state index is 0. The molecule has 0 atom stereocenters. The molecule has 0 radical (unpaired) electrons. The second-order valence-corrected chi connectivity index (χ2v) is 4.40. The number of fused-ring (bicyclic) bond motifs is 1. The van der Waals surface area contributed by atoms with Gasteiger partial charge in [0.2, 0.25) is 0 Å². The minimum Gasteiger partial charge on any atom is -0.371 e. The lowest BCUT2D eigenvalue weighted by molar-refractivity contribution is 0.959. The first-order valence-electron chi connectivity index (χ1n) is 5.11. The molecule has 0 aliphatic carbocycles. The third-order valence-electron chi connectivity index (χ3n) is 2.37. The van der Waals surface area contributed by atoms with Crippen LogP contribution in [0.1, 0.15) is 0 Å². The minimum atomic E-state index is 0. The first-order chi connectivity index (χ1) is 7.93. The monoisotopic (exact) mass is 305 g/mol. The van der Waals surface area contributed by atoms with E-state index in [0.29, 0.717) is 0 Å². The van der Waals surface area contributed by atoms with E-state index < -0.39 is 0 Å². The summed E-state index contributed by atoms with van der Waals surface area (Å²) in [7, 11) is 0. The van der Waals surface area contributed by atoms with E-state index in [4.69, 9.17) is 0 Å². The summed E-state index contributed by atoms with van der Waals surface area (Å²) in [5, 5.41) is 4.19. The fourth-order valence-electron chi connectivity index (χ4n) is 1.61. The van der Waals surface area contributed by atoms with Gasteiger partial charge in [-0.1, -0.05) is 11.8 Å². The van der Waals surface area contributed by atoms with Crippen molar-refractivity contribution in [2.45, 2.75) is 5.03 Å². The number of halogens is 2. The van der Waals surface area contributed by atoms with Gasteiger partial charge in [0.15, 0.2) is 5.65 Å². The highest BCUT2D eigenvalue weighted by atomic mass is 35.5. The van der Waals surface area contributed by atoms with Crippen LogP contribution in [0.4, 0.5) is 0 Å². The number of thioether (sulfide) groups is 1. The van der Waals surface area contributed by atoms with Crippen molar-refractivity contribution in [3.8, 4) is 0 Å².